The van der Waals surface area contributed by atoms with E-state index in [1.165, 1.54) is 0 Å². The third-order valence-corrected chi connectivity index (χ3v) is 8.54. The Hall–Kier alpha value is -1.46. The quantitative estimate of drug-likeness (QED) is 0.536. The molecule has 0 aliphatic heterocycles. The number of alkyl halides is 1. The highest BCUT2D eigenvalue weighted by molar-refractivity contribution is 9.12. The molecule has 2 aromatic rings. The first-order valence-corrected chi connectivity index (χ1v) is 9.91. The molecule has 0 amide bonds. The highest BCUT2D eigenvalue weighted by atomic mass is 79.9. The molecule has 0 fully saturated rings. The molecule has 0 heterocycles. The minimum atomic E-state index is -3.55. The topological polar surface area (TPSA) is 51.2 Å². The largest absolute Gasteiger partial charge is 0.291 e. The van der Waals surface area contributed by atoms with Gasteiger partial charge >= 0.3 is 0 Å². The van der Waals surface area contributed by atoms with Crippen LogP contribution in [0.2, 0.25) is 0 Å². The van der Waals surface area contributed by atoms with Crippen molar-refractivity contribution in [3.8, 4) is 11.1 Å². The molecule has 0 saturated heterocycles. The van der Waals surface area contributed by atoms with Crippen molar-refractivity contribution in [2.45, 2.75) is 23.9 Å². The van der Waals surface area contributed by atoms with Crippen LogP contribution in [-0.2, 0) is 9.84 Å². The van der Waals surface area contributed by atoms with Crippen molar-refractivity contribution in [3.05, 3.63) is 60.2 Å². The number of benzene rings is 2. The van der Waals surface area contributed by atoms with Crippen molar-refractivity contribution in [2.75, 3.05) is 5.75 Å². The van der Waals surface area contributed by atoms with Crippen molar-refractivity contribution in [1.82, 2.24) is 0 Å². The summed E-state index contributed by atoms with van der Waals surface area (Å²) in [5.41, 5.74) is 2.42. The number of halogens is 1. The SMILES string of the molecule is CC[C@@](Br)(C(=O)c1ccc(-c2ccccc2)cc1)S(=O)(=O)CC. The van der Waals surface area contributed by atoms with Crippen molar-refractivity contribution < 1.29 is 13.2 Å². The first kappa shape index (κ1) is 17.9. The van der Waals surface area contributed by atoms with Crippen LogP contribution < -0.4 is 0 Å². The third kappa shape index (κ3) is 3.40. The molecule has 5 heteroatoms. The van der Waals surface area contributed by atoms with Crippen LogP contribution in [0.3, 0.4) is 0 Å². The van der Waals surface area contributed by atoms with Gasteiger partial charge in [0.25, 0.3) is 0 Å². The van der Waals surface area contributed by atoms with Gasteiger partial charge in [0.2, 0.25) is 0 Å². The molecule has 2 aromatic carbocycles. The Labute approximate surface area is 145 Å². The maximum Gasteiger partial charge on any atom is 0.194 e. The van der Waals surface area contributed by atoms with E-state index in [0.717, 1.165) is 11.1 Å². The highest BCUT2D eigenvalue weighted by Gasteiger charge is 2.45. The van der Waals surface area contributed by atoms with Gasteiger partial charge in [-0.15, -0.1) is 0 Å². The molecule has 0 aliphatic carbocycles. The lowest BCUT2D eigenvalue weighted by molar-refractivity contribution is 0.0976. The van der Waals surface area contributed by atoms with E-state index in [9.17, 15) is 13.2 Å². The molecule has 0 unspecified atom stereocenters. The van der Waals surface area contributed by atoms with Crippen LogP contribution in [0.1, 0.15) is 30.6 Å². The number of sulfone groups is 1. The second-order valence-electron chi connectivity index (χ2n) is 5.26. The Kier molecular flexibility index (Phi) is 5.42. The van der Waals surface area contributed by atoms with Gasteiger partial charge in [0.1, 0.15) is 0 Å². The number of carbonyl (C=O) groups excluding carboxylic acids is 1. The molecule has 0 bridgehead atoms. The predicted octanol–water partition coefficient (Wildman–Crippen LogP) is 4.47. The first-order chi connectivity index (χ1) is 10.9. The lowest BCUT2D eigenvalue weighted by Crippen LogP contribution is -2.41. The Bertz CT molecular complexity index is 783. The van der Waals surface area contributed by atoms with Crippen molar-refractivity contribution in [1.29, 1.82) is 0 Å². The summed E-state index contributed by atoms with van der Waals surface area (Å²) in [5, 5.41) is 0. The van der Waals surface area contributed by atoms with E-state index >= 15 is 0 Å². The van der Waals surface area contributed by atoms with Crippen LogP contribution in [0.25, 0.3) is 11.1 Å². The van der Waals surface area contributed by atoms with Crippen LogP contribution in [-0.4, -0.2) is 23.6 Å². The summed E-state index contributed by atoms with van der Waals surface area (Å²) in [5.74, 6) is -0.499. The summed E-state index contributed by atoms with van der Waals surface area (Å²) in [7, 11) is -3.55. The Morgan fingerprint density at radius 3 is 1.96 bits per heavy atom. The Balaban J connectivity index is 2.37. The molecule has 3 nitrogen and oxygen atoms in total. The fourth-order valence-corrected chi connectivity index (χ4v) is 4.62. The first-order valence-electron chi connectivity index (χ1n) is 7.47. The Morgan fingerprint density at radius 1 is 0.957 bits per heavy atom. The average molecular weight is 395 g/mol. The maximum absolute atomic E-state index is 12.7. The van der Waals surface area contributed by atoms with Crippen LogP contribution >= 0.6 is 15.9 Å². The molecule has 0 saturated carbocycles. The predicted molar refractivity (Wildman–Crippen MR) is 97.6 cm³/mol. The van der Waals surface area contributed by atoms with Crippen LogP contribution in [0.5, 0.6) is 0 Å². The van der Waals surface area contributed by atoms with Crippen LogP contribution in [0, 0.1) is 0 Å². The van der Waals surface area contributed by atoms with Crippen molar-refractivity contribution in [3.63, 3.8) is 0 Å². The maximum atomic E-state index is 12.7. The second kappa shape index (κ2) is 6.97. The van der Waals surface area contributed by atoms with E-state index in [1.807, 2.05) is 42.5 Å². The minimum Gasteiger partial charge on any atom is -0.291 e. The molecule has 1 atom stereocenters. The minimum absolute atomic E-state index is 0.0834. The van der Waals surface area contributed by atoms with Gasteiger partial charge in [-0.25, -0.2) is 8.42 Å². The summed E-state index contributed by atoms with van der Waals surface area (Å²) in [6.45, 7) is 3.24. The fraction of sp³-hybridized carbons (Fsp3) is 0.278. The number of Topliss-reactive ketones (excluding diaryl/α,β-unsaturated/α-hetero) is 1. The fourth-order valence-electron chi connectivity index (χ4n) is 2.41. The van der Waals surface area contributed by atoms with Gasteiger partial charge in [-0.1, -0.05) is 84.4 Å². The number of carbonyl (C=O) groups is 1. The molecule has 122 valence electrons. The van der Waals surface area contributed by atoms with E-state index in [4.69, 9.17) is 0 Å². The molecule has 0 aromatic heterocycles. The second-order valence-corrected chi connectivity index (χ2v) is 9.64. The summed E-state index contributed by atoms with van der Waals surface area (Å²) in [4.78, 5) is 12.7. The molecular weight excluding hydrogens is 376 g/mol. The lowest BCUT2D eigenvalue weighted by Gasteiger charge is -2.24. The average Bonchev–Trinajstić information content (AvgIpc) is 2.61. The van der Waals surface area contributed by atoms with Crippen molar-refractivity contribution in [2.24, 2.45) is 0 Å². The molecule has 0 spiro atoms. The zero-order valence-electron chi connectivity index (χ0n) is 13.1. The standard InChI is InChI=1S/C18H19BrO3S/c1-3-18(19,23(21,22)4-2)17(20)16-12-10-15(11-13-16)14-8-6-5-7-9-14/h5-13H,3-4H2,1-2H3/t18-/m0/s1. The third-order valence-electron chi connectivity index (χ3n) is 3.92. The Morgan fingerprint density at radius 2 is 1.48 bits per heavy atom. The van der Waals surface area contributed by atoms with Gasteiger partial charge in [-0.05, 0) is 17.5 Å². The molecule has 2 rings (SSSR count). The lowest BCUT2D eigenvalue weighted by atomic mass is 10.0. The van der Waals surface area contributed by atoms with Gasteiger partial charge in [-0.2, -0.15) is 0 Å². The molecule has 0 N–H and O–H groups in total. The summed E-state index contributed by atoms with van der Waals surface area (Å²) < 4.78 is 23.0. The molecule has 0 aliphatic rings. The summed E-state index contributed by atoms with van der Waals surface area (Å²) in [6.07, 6.45) is 0.183. The molecule has 23 heavy (non-hydrogen) atoms. The van der Waals surface area contributed by atoms with E-state index in [-0.39, 0.29) is 12.2 Å². The zero-order chi connectivity index (χ0) is 17.1. The van der Waals surface area contributed by atoms with Crippen LogP contribution in [0.15, 0.2) is 54.6 Å². The molecular formula is C18H19BrO3S. The normalized spacial score (nSPS) is 14.2. The summed E-state index contributed by atoms with van der Waals surface area (Å²) >= 11 is 3.19. The van der Waals surface area contributed by atoms with Gasteiger partial charge in [0.15, 0.2) is 19.3 Å². The van der Waals surface area contributed by atoms with Crippen LogP contribution in [0.4, 0.5) is 0 Å². The van der Waals surface area contributed by atoms with Gasteiger partial charge < -0.3 is 0 Å². The van der Waals surface area contributed by atoms with Gasteiger partial charge in [-0.3, -0.25) is 4.79 Å². The van der Waals surface area contributed by atoms with Crippen molar-refractivity contribution >= 4 is 31.6 Å². The highest BCUT2D eigenvalue weighted by Crippen LogP contribution is 2.34. The number of rotatable bonds is 6. The van der Waals surface area contributed by atoms with E-state index in [2.05, 4.69) is 15.9 Å². The summed E-state index contributed by atoms with van der Waals surface area (Å²) in [6, 6.07) is 16.8. The number of hydrogen-bond donors (Lipinski definition) is 0. The van der Waals surface area contributed by atoms with E-state index < -0.39 is 19.3 Å². The van der Waals surface area contributed by atoms with Gasteiger partial charge in [0.05, 0.1) is 0 Å². The number of hydrogen-bond acceptors (Lipinski definition) is 3. The number of ketones is 1. The smallest absolute Gasteiger partial charge is 0.194 e. The zero-order valence-corrected chi connectivity index (χ0v) is 15.5. The molecule has 0 radical (unpaired) electrons. The van der Waals surface area contributed by atoms with Gasteiger partial charge in [0, 0.05) is 11.3 Å². The van der Waals surface area contributed by atoms with E-state index in [1.54, 1.807) is 26.0 Å². The monoisotopic (exact) mass is 394 g/mol. The van der Waals surface area contributed by atoms with E-state index in [0.29, 0.717) is 5.56 Å².